The highest BCUT2D eigenvalue weighted by Gasteiger charge is 2.26. The Kier molecular flexibility index (Phi) is 5.45. The Morgan fingerprint density at radius 1 is 1.20 bits per heavy atom. The summed E-state index contributed by atoms with van der Waals surface area (Å²) in [4.78, 5) is 27.6. The summed E-state index contributed by atoms with van der Waals surface area (Å²) in [5.41, 5.74) is 1.01. The summed E-state index contributed by atoms with van der Waals surface area (Å²) < 4.78 is 0. The molecule has 4 nitrogen and oxygen atoms in total. The number of piperidine rings is 1. The Hall–Kier alpha value is -1.85. The second-order valence-corrected chi connectivity index (χ2v) is 8.14. The van der Waals surface area contributed by atoms with Gasteiger partial charge in [-0.1, -0.05) is 31.5 Å². The Labute approximate surface area is 156 Å². The van der Waals surface area contributed by atoms with Crippen LogP contribution in [-0.2, 0) is 0 Å². The largest absolute Gasteiger partial charge is 0.338 e. The van der Waals surface area contributed by atoms with Crippen molar-refractivity contribution in [2.75, 3.05) is 18.4 Å². The van der Waals surface area contributed by atoms with Crippen LogP contribution in [0, 0.1) is 11.8 Å². The molecule has 1 aromatic heterocycles. The first-order valence-corrected chi connectivity index (χ1v) is 9.63. The summed E-state index contributed by atoms with van der Waals surface area (Å²) in [6.07, 6.45) is 1.15. The molecule has 2 atom stereocenters. The van der Waals surface area contributed by atoms with Crippen LogP contribution in [0.15, 0.2) is 35.7 Å². The zero-order valence-electron chi connectivity index (χ0n) is 14.3. The molecule has 2 aromatic rings. The van der Waals surface area contributed by atoms with E-state index in [4.69, 9.17) is 11.6 Å². The van der Waals surface area contributed by atoms with Crippen molar-refractivity contribution >= 4 is 40.4 Å². The monoisotopic (exact) mass is 376 g/mol. The molecule has 0 aliphatic carbocycles. The minimum Gasteiger partial charge on any atom is -0.338 e. The van der Waals surface area contributed by atoms with E-state index in [2.05, 4.69) is 19.2 Å². The van der Waals surface area contributed by atoms with Crippen LogP contribution in [0.5, 0.6) is 0 Å². The molecule has 1 aromatic carbocycles. The fraction of sp³-hybridized carbons (Fsp3) is 0.368. The van der Waals surface area contributed by atoms with E-state index in [9.17, 15) is 9.59 Å². The zero-order valence-corrected chi connectivity index (χ0v) is 15.9. The molecular formula is C19H21ClN2O2S. The third-order valence-corrected chi connectivity index (χ3v) is 5.56. The van der Waals surface area contributed by atoms with Gasteiger partial charge in [0.05, 0.1) is 15.6 Å². The first-order valence-electron chi connectivity index (χ1n) is 8.37. The second kappa shape index (κ2) is 7.58. The van der Waals surface area contributed by atoms with Crippen molar-refractivity contribution in [1.29, 1.82) is 0 Å². The van der Waals surface area contributed by atoms with Gasteiger partial charge in [-0.25, -0.2) is 0 Å². The van der Waals surface area contributed by atoms with Crippen molar-refractivity contribution in [3.05, 3.63) is 51.2 Å². The normalized spacial score (nSPS) is 20.4. The third kappa shape index (κ3) is 4.22. The van der Waals surface area contributed by atoms with E-state index in [1.54, 1.807) is 24.3 Å². The Morgan fingerprint density at radius 3 is 2.56 bits per heavy atom. The summed E-state index contributed by atoms with van der Waals surface area (Å²) in [5.74, 6) is 0.763. The number of carbonyl (C=O) groups is 2. The summed E-state index contributed by atoms with van der Waals surface area (Å²) in [6.45, 7) is 5.88. The van der Waals surface area contributed by atoms with Crippen molar-refractivity contribution in [2.24, 2.45) is 11.8 Å². The molecule has 2 amide bonds. The molecule has 1 N–H and O–H groups in total. The molecule has 0 radical (unpaired) electrons. The number of hydrogen-bond acceptors (Lipinski definition) is 3. The number of amides is 2. The SMILES string of the molecule is CC1CC(C)CN(C(=O)c2ccc(Cl)c(NC(=O)c3cccs3)c2)C1. The van der Waals surface area contributed by atoms with Crippen molar-refractivity contribution in [3.8, 4) is 0 Å². The van der Waals surface area contributed by atoms with Crippen LogP contribution in [0.1, 0.15) is 40.3 Å². The Morgan fingerprint density at radius 2 is 1.92 bits per heavy atom. The van der Waals surface area contributed by atoms with Crippen LogP contribution < -0.4 is 5.32 Å². The number of benzene rings is 1. The van der Waals surface area contributed by atoms with Crippen molar-refractivity contribution in [1.82, 2.24) is 4.90 Å². The van der Waals surface area contributed by atoms with Crippen LogP contribution >= 0.6 is 22.9 Å². The summed E-state index contributed by atoms with van der Waals surface area (Å²) >= 11 is 7.56. The van der Waals surface area contributed by atoms with Crippen LogP contribution in [0.3, 0.4) is 0 Å². The van der Waals surface area contributed by atoms with Crippen molar-refractivity contribution in [2.45, 2.75) is 20.3 Å². The molecule has 2 unspecified atom stereocenters. The highest BCUT2D eigenvalue weighted by Crippen LogP contribution is 2.27. The molecular weight excluding hydrogens is 356 g/mol. The number of nitrogens with one attached hydrogen (secondary N) is 1. The van der Waals surface area contributed by atoms with E-state index in [1.807, 2.05) is 16.3 Å². The molecule has 1 fully saturated rings. The molecule has 1 aliphatic heterocycles. The molecule has 0 spiro atoms. The van der Waals surface area contributed by atoms with Gasteiger partial charge in [0.1, 0.15) is 0 Å². The molecule has 1 aliphatic rings. The third-order valence-electron chi connectivity index (χ3n) is 4.36. The topological polar surface area (TPSA) is 49.4 Å². The van der Waals surface area contributed by atoms with E-state index >= 15 is 0 Å². The lowest BCUT2D eigenvalue weighted by Crippen LogP contribution is -2.42. The minimum atomic E-state index is -0.221. The lowest BCUT2D eigenvalue weighted by molar-refractivity contribution is 0.0623. The molecule has 2 heterocycles. The molecule has 6 heteroatoms. The van der Waals surface area contributed by atoms with E-state index < -0.39 is 0 Å². The number of thiophene rings is 1. The number of nitrogens with zero attached hydrogens (tertiary/aromatic N) is 1. The molecule has 25 heavy (non-hydrogen) atoms. The average Bonchev–Trinajstić information content (AvgIpc) is 3.10. The predicted molar refractivity (Wildman–Crippen MR) is 103 cm³/mol. The highest BCUT2D eigenvalue weighted by molar-refractivity contribution is 7.12. The van der Waals surface area contributed by atoms with E-state index in [-0.39, 0.29) is 11.8 Å². The summed E-state index contributed by atoms with van der Waals surface area (Å²) in [6, 6.07) is 8.62. The molecule has 0 saturated carbocycles. The number of anilines is 1. The highest BCUT2D eigenvalue weighted by atomic mass is 35.5. The van der Waals surface area contributed by atoms with Gasteiger partial charge in [-0.2, -0.15) is 0 Å². The maximum absolute atomic E-state index is 12.8. The summed E-state index contributed by atoms with van der Waals surface area (Å²) in [5, 5.41) is 5.06. The first kappa shape index (κ1) is 18.0. The van der Waals surface area contributed by atoms with Gasteiger partial charge in [-0.15, -0.1) is 11.3 Å². The average molecular weight is 377 g/mol. The number of carbonyl (C=O) groups excluding carboxylic acids is 2. The number of halogens is 1. The Balaban J connectivity index is 1.79. The van der Waals surface area contributed by atoms with Crippen molar-refractivity contribution in [3.63, 3.8) is 0 Å². The standard InChI is InChI=1S/C19H21ClN2O2S/c1-12-8-13(2)11-22(10-12)19(24)14-5-6-15(20)16(9-14)21-18(23)17-4-3-7-25-17/h3-7,9,12-13H,8,10-11H2,1-2H3,(H,21,23). The van der Waals surface area contributed by atoms with Gasteiger partial charge in [-0.05, 0) is 47.9 Å². The lowest BCUT2D eigenvalue weighted by atomic mass is 9.91. The molecule has 3 rings (SSSR count). The predicted octanol–water partition coefficient (Wildman–Crippen LogP) is 4.77. The summed E-state index contributed by atoms with van der Waals surface area (Å²) in [7, 11) is 0. The lowest BCUT2D eigenvalue weighted by Gasteiger charge is -2.35. The van der Waals surface area contributed by atoms with Gasteiger partial charge < -0.3 is 10.2 Å². The second-order valence-electron chi connectivity index (χ2n) is 6.78. The first-order chi connectivity index (χ1) is 11.9. The van der Waals surface area contributed by atoms with Crippen LogP contribution in [0.25, 0.3) is 0 Å². The maximum atomic E-state index is 12.8. The van der Waals surface area contributed by atoms with Crippen LogP contribution in [0.4, 0.5) is 5.69 Å². The maximum Gasteiger partial charge on any atom is 0.265 e. The number of hydrogen-bond donors (Lipinski definition) is 1. The van der Waals surface area contributed by atoms with Gasteiger partial charge in [0.2, 0.25) is 0 Å². The molecule has 1 saturated heterocycles. The molecule has 0 bridgehead atoms. The van der Waals surface area contributed by atoms with E-state index in [0.717, 1.165) is 19.5 Å². The van der Waals surface area contributed by atoms with Gasteiger partial charge in [0, 0.05) is 18.7 Å². The van der Waals surface area contributed by atoms with Crippen LogP contribution in [0.2, 0.25) is 5.02 Å². The molecule has 132 valence electrons. The van der Waals surface area contributed by atoms with Gasteiger partial charge in [-0.3, -0.25) is 9.59 Å². The fourth-order valence-electron chi connectivity index (χ4n) is 3.36. The van der Waals surface area contributed by atoms with Gasteiger partial charge in [0.15, 0.2) is 0 Å². The minimum absolute atomic E-state index is 0.0123. The van der Waals surface area contributed by atoms with Gasteiger partial charge >= 0.3 is 0 Å². The Bertz CT molecular complexity index is 766. The number of rotatable bonds is 3. The van der Waals surface area contributed by atoms with Crippen LogP contribution in [-0.4, -0.2) is 29.8 Å². The smallest absolute Gasteiger partial charge is 0.265 e. The van der Waals surface area contributed by atoms with Crippen molar-refractivity contribution < 1.29 is 9.59 Å². The van der Waals surface area contributed by atoms with Gasteiger partial charge in [0.25, 0.3) is 11.8 Å². The fourth-order valence-corrected chi connectivity index (χ4v) is 4.14. The van der Waals surface area contributed by atoms with E-state index in [1.165, 1.54) is 11.3 Å². The van der Waals surface area contributed by atoms with E-state index in [0.29, 0.717) is 33.0 Å². The zero-order chi connectivity index (χ0) is 18.0. The number of likely N-dealkylation sites (tertiary alicyclic amines) is 1. The quantitative estimate of drug-likeness (QED) is 0.838.